The molecule has 118 valence electrons. The van der Waals surface area contributed by atoms with E-state index in [1.807, 2.05) is 11.8 Å². The van der Waals surface area contributed by atoms with Crippen LogP contribution in [-0.4, -0.2) is 51.1 Å². The Morgan fingerprint density at radius 3 is 2.25 bits per heavy atom. The summed E-state index contributed by atoms with van der Waals surface area (Å²) < 4.78 is 32.1. The van der Waals surface area contributed by atoms with Crippen molar-refractivity contribution in [2.24, 2.45) is 5.92 Å². The van der Waals surface area contributed by atoms with Crippen LogP contribution in [0.15, 0.2) is 0 Å². The summed E-state index contributed by atoms with van der Waals surface area (Å²) in [6, 6.07) is 0.360. The summed E-state index contributed by atoms with van der Waals surface area (Å²) >= 11 is 0. The minimum atomic E-state index is -3.80. The van der Waals surface area contributed by atoms with Gasteiger partial charge in [-0.2, -0.15) is 12.7 Å². The van der Waals surface area contributed by atoms with E-state index < -0.39 is 16.3 Å². The summed E-state index contributed by atoms with van der Waals surface area (Å²) in [5.74, 6) is 0.453. The molecule has 0 aromatic rings. The number of carbonyl (C=O) groups excluding carboxylic acids is 1. The molecule has 1 fully saturated rings. The molecule has 1 rings (SSSR count). The molecule has 2 N–H and O–H groups in total. The predicted molar refractivity (Wildman–Crippen MR) is 76.5 cm³/mol. The number of nitrogens with zero attached hydrogens (tertiary/aromatic N) is 1. The monoisotopic (exact) mass is 307 g/mol. The van der Waals surface area contributed by atoms with Gasteiger partial charge in [0.05, 0.1) is 6.10 Å². The Kier molecular flexibility index (Phi) is 6.22. The van der Waals surface area contributed by atoms with E-state index in [4.69, 9.17) is 4.74 Å². The van der Waals surface area contributed by atoms with Crippen LogP contribution >= 0.6 is 0 Å². The van der Waals surface area contributed by atoms with Gasteiger partial charge in [-0.05, 0) is 46.6 Å². The first-order chi connectivity index (χ1) is 9.26. The maximum atomic E-state index is 12.0. The molecule has 1 aliphatic rings. The molecule has 0 spiro atoms. The normalized spacial score (nSPS) is 19.9. The highest BCUT2D eigenvalue weighted by Crippen LogP contribution is 2.21. The Hall–Kier alpha value is -0.860. The zero-order valence-corrected chi connectivity index (χ0v) is 13.4. The Bertz CT molecular complexity index is 416. The van der Waals surface area contributed by atoms with Crippen LogP contribution in [0, 0.1) is 5.92 Å². The van der Waals surface area contributed by atoms with Gasteiger partial charge in [0.1, 0.15) is 0 Å². The quantitative estimate of drug-likeness (QED) is 0.780. The number of hydrogen-bond donors (Lipinski definition) is 2. The predicted octanol–water partition coefficient (Wildman–Crippen LogP) is 0.686. The topological polar surface area (TPSA) is 87.7 Å². The minimum absolute atomic E-state index is 0.354. The zero-order valence-electron chi connectivity index (χ0n) is 12.5. The van der Waals surface area contributed by atoms with Gasteiger partial charge in [-0.1, -0.05) is 0 Å². The van der Waals surface area contributed by atoms with Crippen molar-refractivity contribution < 1.29 is 17.9 Å². The largest absolute Gasteiger partial charge is 0.446 e. The lowest BCUT2D eigenvalue weighted by Gasteiger charge is -2.33. The molecule has 0 radical (unpaired) electrons. The van der Waals surface area contributed by atoms with Crippen LogP contribution in [0.25, 0.3) is 0 Å². The molecule has 1 aliphatic heterocycles. The fraction of sp³-hybridized carbons (Fsp3) is 0.917. The summed E-state index contributed by atoms with van der Waals surface area (Å²) in [7, 11) is -1.90. The zero-order chi connectivity index (χ0) is 15.3. The van der Waals surface area contributed by atoms with E-state index in [0.29, 0.717) is 25.0 Å². The van der Waals surface area contributed by atoms with Crippen LogP contribution in [0.3, 0.4) is 0 Å². The number of amides is 1. The van der Waals surface area contributed by atoms with E-state index in [1.165, 1.54) is 4.31 Å². The van der Waals surface area contributed by atoms with Gasteiger partial charge in [-0.3, -0.25) is 0 Å². The summed E-state index contributed by atoms with van der Waals surface area (Å²) in [5.41, 5.74) is 0. The van der Waals surface area contributed by atoms with Crippen LogP contribution in [0.2, 0.25) is 0 Å². The fourth-order valence-electron chi connectivity index (χ4n) is 2.26. The van der Waals surface area contributed by atoms with Crippen LogP contribution in [0.1, 0.15) is 33.6 Å². The molecule has 0 aromatic heterocycles. The molecule has 20 heavy (non-hydrogen) atoms. The molecule has 1 atom stereocenters. The summed E-state index contributed by atoms with van der Waals surface area (Å²) in [4.78, 5) is 11.4. The highest BCUT2D eigenvalue weighted by atomic mass is 32.2. The Balaban J connectivity index is 2.52. The molecule has 0 aromatic carbocycles. The maximum Gasteiger partial charge on any atom is 0.422 e. The highest BCUT2D eigenvalue weighted by Gasteiger charge is 2.31. The van der Waals surface area contributed by atoms with Crippen molar-refractivity contribution in [3.8, 4) is 0 Å². The van der Waals surface area contributed by atoms with Gasteiger partial charge in [-0.15, -0.1) is 0 Å². The van der Waals surface area contributed by atoms with Crippen LogP contribution in [0.4, 0.5) is 4.79 Å². The molecule has 7 nitrogen and oxygen atoms in total. The third-order valence-electron chi connectivity index (χ3n) is 3.56. The van der Waals surface area contributed by atoms with E-state index in [0.717, 1.165) is 12.8 Å². The molecule has 1 amide bonds. The molecule has 1 saturated heterocycles. The number of ether oxygens (including phenoxy) is 1. The number of nitrogens with one attached hydrogen (secondary N) is 2. The van der Waals surface area contributed by atoms with E-state index in [1.54, 1.807) is 13.8 Å². The van der Waals surface area contributed by atoms with Crippen molar-refractivity contribution in [3.63, 3.8) is 0 Å². The van der Waals surface area contributed by atoms with Crippen LogP contribution < -0.4 is 10.0 Å². The van der Waals surface area contributed by atoms with Crippen molar-refractivity contribution in [3.05, 3.63) is 0 Å². The molecule has 1 heterocycles. The first kappa shape index (κ1) is 17.2. The second-order valence-electron chi connectivity index (χ2n) is 5.37. The van der Waals surface area contributed by atoms with Crippen molar-refractivity contribution in [2.45, 2.75) is 45.8 Å². The van der Waals surface area contributed by atoms with Gasteiger partial charge in [-0.25, -0.2) is 9.52 Å². The number of hydrogen-bond acceptors (Lipinski definition) is 5. The highest BCUT2D eigenvalue weighted by molar-refractivity contribution is 7.87. The average Bonchev–Trinajstić information content (AvgIpc) is 2.36. The average molecular weight is 307 g/mol. The standard InChI is InChI=1S/C12H25N3O4S/c1-9(2)19-12(16)14-20(17,18)15-7-5-11(6-8-15)10(3)13-4/h9-11,13H,5-8H2,1-4H3,(H,14,16). The molecule has 0 saturated carbocycles. The first-order valence-corrected chi connectivity index (χ1v) is 8.36. The van der Waals surface area contributed by atoms with Crippen molar-refractivity contribution in [1.29, 1.82) is 0 Å². The Morgan fingerprint density at radius 2 is 1.80 bits per heavy atom. The molecule has 0 bridgehead atoms. The smallest absolute Gasteiger partial charge is 0.422 e. The second kappa shape index (κ2) is 7.24. The fourth-order valence-corrected chi connectivity index (χ4v) is 3.34. The summed E-state index contributed by atoms with van der Waals surface area (Å²) in [5, 5.41) is 3.18. The lowest BCUT2D eigenvalue weighted by molar-refractivity contribution is 0.120. The lowest BCUT2D eigenvalue weighted by Crippen LogP contribution is -2.49. The van der Waals surface area contributed by atoms with Crippen molar-refractivity contribution in [2.75, 3.05) is 20.1 Å². The van der Waals surface area contributed by atoms with Crippen molar-refractivity contribution in [1.82, 2.24) is 14.3 Å². The van der Waals surface area contributed by atoms with E-state index in [9.17, 15) is 13.2 Å². The van der Waals surface area contributed by atoms with Gasteiger partial charge < -0.3 is 10.1 Å². The third kappa shape index (κ3) is 4.92. The van der Waals surface area contributed by atoms with E-state index in [2.05, 4.69) is 12.2 Å². The third-order valence-corrected chi connectivity index (χ3v) is 5.03. The summed E-state index contributed by atoms with van der Waals surface area (Å²) in [6.45, 7) is 6.25. The maximum absolute atomic E-state index is 12.0. The van der Waals surface area contributed by atoms with Crippen molar-refractivity contribution >= 4 is 16.3 Å². The van der Waals surface area contributed by atoms with Crippen LogP contribution in [0.5, 0.6) is 0 Å². The first-order valence-electron chi connectivity index (χ1n) is 6.92. The second-order valence-corrected chi connectivity index (χ2v) is 7.05. The van der Waals surface area contributed by atoms with Gasteiger partial charge in [0.15, 0.2) is 0 Å². The van der Waals surface area contributed by atoms with Gasteiger partial charge in [0, 0.05) is 19.1 Å². The molecular formula is C12H25N3O4S. The molecular weight excluding hydrogens is 282 g/mol. The van der Waals surface area contributed by atoms with E-state index in [-0.39, 0.29) is 6.10 Å². The Labute approximate surface area is 121 Å². The van der Waals surface area contributed by atoms with E-state index >= 15 is 0 Å². The van der Waals surface area contributed by atoms with Gasteiger partial charge in [0.25, 0.3) is 0 Å². The van der Waals surface area contributed by atoms with Crippen LogP contribution in [-0.2, 0) is 14.9 Å². The Morgan fingerprint density at radius 1 is 1.25 bits per heavy atom. The molecule has 8 heteroatoms. The van der Waals surface area contributed by atoms with Gasteiger partial charge >= 0.3 is 16.3 Å². The number of carbonyl (C=O) groups is 1. The minimum Gasteiger partial charge on any atom is -0.446 e. The number of piperidine rings is 1. The van der Waals surface area contributed by atoms with Gasteiger partial charge in [0.2, 0.25) is 0 Å². The molecule has 0 aliphatic carbocycles. The summed E-state index contributed by atoms with van der Waals surface area (Å²) in [6.07, 6.45) is 0.280. The lowest BCUT2D eigenvalue weighted by atomic mass is 9.91. The molecule has 1 unspecified atom stereocenters. The SMILES string of the molecule is CNC(C)C1CCN(S(=O)(=O)NC(=O)OC(C)C)CC1. The number of rotatable bonds is 5.